The normalized spacial score (nSPS) is 24.1. The number of anilines is 2. The Bertz CT molecular complexity index is 1260. The molecule has 1 aliphatic carbocycles. The van der Waals surface area contributed by atoms with Crippen LogP contribution in [-0.2, 0) is 5.54 Å². The fraction of sp³-hybridized carbons (Fsp3) is 0.286. The summed E-state index contributed by atoms with van der Waals surface area (Å²) in [6.45, 7) is 2.01. The predicted molar refractivity (Wildman–Crippen MR) is 118 cm³/mol. The molecule has 156 valence electrons. The van der Waals surface area contributed by atoms with Gasteiger partial charge in [-0.1, -0.05) is 17.7 Å². The van der Waals surface area contributed by atoms with Gasteiger partial charge in [0.1, 0.15) is 5.52 Å². The van der Waals surface area contributed by atoms with Gasteiger partial charge in [0.2, 0.25) is 11.8 Å². The van der Waals surface area contributed by atoms with Gasteiger partial charge in [0.25, 0.3) is 0 Å². The Kier molecular flexibility index (Phi) is 4.63. The third-order valence-corrected chi connectivity index (χ3v) is 6.61. The van der Waals surface area contributed by atoms with Gasteiger partial charge in [-0.3, -0.25) is 4.99 Å². The zero-order valence-electron chi connectivity index (χ0n) is 16.5. The third kappa shape index (κ3) is 3.51. The lowest BCUT2D eigenvalue weighted by molar-refractivity contribution is 0.355. The van der Waals surface area contributed by atoms with Crippen molar-refractivity contribution >= 4 is 39.5 Å². The van der Waals surface area contributed by atoms with E-state index in [2.05, 4.69) is 36.2 Å². The van der Waals surface area contributed by atoms with E-state index in [0.717, 1.165) is 6.42 Å². The number of nitrogens with zero attached hydrogens (tertiary/aromatic N) is 5. The molecule has 0 unspecified atom stereocenters. The fourth-order valence-electron chi connectivity index (χ4n) is 3.86. The molecule has 0 aromatic carbocycles. The number of nitrogens with two attached hydrogens (primary N) is 1. The van der Waals surface area contributed by atoms with Gasteiger partial charge in [0.15, 0.2) is 17.6 Å². The largest absolute Gasteiger partial charge is 0.463 e. The zero-order chi connectivity index (χ0) is 21.6. The number of rotatable bonds is 5. The quantitative estimate of drug-likeness (QED) is 0.465. The molecule has 8 nitrogen and oxygen atoms in total. The highest BCUT2D eigenvalue weighted by atomic mass is 32.2. The Morgan fingerprint density at radius 3 is 3.10 bits per heavy atom. The van der Waals surface area contributed by atoms with Crippen LogP contribution in [-0.4, -0.2) is 37.0 Å². The van der Waals surface area contributed by atoms with E-state index in [1.807, 2.05) is 6.92 Å². The van der Waals surface area contributed by atoms with Gasteiger partial charge < -0.3 is 15.8 Å². The summed E-state index contributed by atoms with van der Waals surface area (Å²) in [5.41, 5.74) is 7.33. The summed E-state index contributed by atoms with van der Waals surface area (Å²) in [6.07, 6.45) is 10.7. The van der Waals surface area contributed by atoms with Crippen LogP contribution in [0.1, 0.15) is 18.9 Å². The monoisotopic (exact) mass is 435 g/mol. The second-order valence-electron chi connectivity index (χ2n) is 7.51. The van der Waals surface area contributed by atoms with Crippen molar-refractivity contribution < 1.29 is 9.13 Å². The van der Waals surface area contributed by atoms with Gasteiger partial charge in [-0.05, 0) is 25.5 Å². The average Bonchev–Trinajstić information content (AvgIpc) is 3.54. The molecule has 0 radical (unpaired) electrons. The van der Waals surface area contributed by atoms with Crippen LogP contribution in [0.3, 0.4) is 0 Å². The van der Waals surface area contributed by atoms with Crippen LogP contribution in [0.2, 0.25) is 0 Å². The minimum absolute atomic E-state index is 0.104. The van der Waals surface area contributed by atoms with Crippen molar-refractivity contribution in [1.29, 1.82) is 0 Å². The van der Waals surface area contributed by atoms with Gasteiger partial charge in [-0.25, -0.2) is 19.9 Å². The SMILES string of the molecule is C#CCOc1cnc2c(Nc3cnc(F)c([C@@]4(C)N=C(N)S[C@H]5C[C@H]54)c3)nccc2n1. The maximum atomic E-state index is 14.7. The Hall–Kier alpha value is -3.45. The second kappa shape index (κ2) is 7.35. The molecule has 3 aromatic rings. The molecular weight excluding hydrogens is 417 g/mol. The van der Waals surface area contributed by atoms with Crippen LogP contribution in [0.15, 0.2) is 35.7 Å². The Balaban J connectivity index is 1.49. The van der Waals surface area contributed by atoms with E-state index in [0.29, 0.717) is 44.4 Å². The van der Waals surface area contributed by atoms with Gasteiger partial charge in [0, 0.05) is 22.9 Å². The summed E-state index contributed by atoms with van der Waals surface area (Å²) in [5, 5.41) is 4.03. The lowest BCUT2D eigenvalue weighted by Crippen LogP contribution is -2.32. The van der Waals surface area contributed by atoms with Crippen LogP contribution >= 0.6 is 11.8 Å². The van der Waals surface area contributed by atoms with Crippen molar-refractivity contribution in [3.05, 3.63) is 42.2 Å². The molecular formula is C21H18FN7OS. The molecule has 2 aliphatic rings. The average molecular weight is 435 g/mol. The number of halogens is 1. The topological polar surface area (TPSA) is 111 Å². The van der Waals surface area contributed by atoms with Crippen molar-refractivity contribution in [2.45, 2.75) is 24.1 Å². The van der Waals surface area contributed by atoms with E-state index in [1.54, 1.807) is 30.1 Å². The standard InChI is InChI=1S/C21H18FN7OS/c1-3-6-30-16-10-25-17-14(28-16)4-5-24-19(17)27-11-7-13(18(22)26-9-11)21(2)12-8-15(12)31-20(23)29-21/h1,4-5,7,9-10,12,15H,6,8H2,2H3,(H2,23,29)(H,24,27)/t12-,15+,21+/m1/s1. The number of pyridine rings is 2. The summed E-state index contributed by atoms with van der Waals surface area (Å²) in [5.74, 6) is 2.86. The molecule has 3 atom stereocenters. The summed E-state index contributed by atoms with van der Waals surface area (Å²) in [4.78, 5) is 21.7. The first-order chi connectivity index (χ1) is 15.0. The van der Waals surface area contributed by atoms with Crippen molar-refractivity contribution in [2.24, 2.45) is 16.6 Å². The van der Waals surface area contributed by atoms with Gasteiger partial charge in [0.05, 0.1) is 29.1 Å². The number of aromatic nitrogens is 4. The fourth-order valence-corrected chi connectivity index (χ4v) is 5.15. The first kappa shape index (κ1) is 19.5. The van der Waals surface area contributed by atoms with E-state index in [4.69, 9.17) is 16.9 Å². The number of aliphatic imine (C=N–C) groups is 1. The minimum Gasteiger partial charge on any atom is -0.463 e. The first-order valence-electron chi connectivity index (χ1n) is 9.61. The number of nitrogens with one attached hydrogen (secondary N) is 1. The van der Waals surface area contributed by atoms with Crippen LogP contribution in [0.5, 0.6) is 5.88 Å². The van der Waals surface area contributed by atoms with E-state index < -0.39 is 11.5 Å². The summed E-state index contributed by atoms with van der Waals surface area (Å²) in [6, 6.07) is 3.43. The molecule has 1 aliphatic heterocycles. The Morgan fingerprint density at radius 1 is 1.39 bits per heavy atom. The van der Waals surface area contributed by atoms with E-state index >= 15 is 0 Å². The van der Waals surface area contributed by atoms with Crippen molar-refractivity contribution in [3.63, 3.8) is 0 Å². The second-order valence-corrected chi connectivity index (χ2v) is 8.77. The molecule has 5 rings (SSSR count). The van der Waals surface area contributed by atoms with Crippen molar-refractivity contribution in [3.8, 4) is 18.2 Å². The highest BCUT2D eigenvalue weighted by Crippen LogP contribution is 2.57. The highest BCUT2D eigenvalue weighted by Gasteiger charge is 2.55. The maximum Gasteiger partial charge on any atom is 0.233 e. The number of amidine groups is 1. The first-order valence-corrected chi connectivity index (χ1v) is 10.5. The molecule has 0 amide bonds. The van der Waals surface area contributed by atoms with Gasteiger partial charge in [-0.15, -0.1) is 6.42 Å². The number of hydrogen-bond donors (Lipinski definition) is 2. The number of ether oxygens (including phenoxy) is 1. The number of fused-ring (bicyclic) bond motifs is 2. The zero-order valence-corrected chi connectivity index (χ0v) is 17.4. The molecule has 0 spiro atoms. The molecule has 0 bridgehead atoms. The molecule has 3 N–H and O–H groups in total. The molecule has 31 heavy (non-hydrogen) atoms. The van der Waals surface area contributed by atoms with Crippen molar-refractivity contribution in [2.75, 3.05) is 11.9 Å². The van der Waals surface area contributed by atoms with E-state index in [1.165, 1.54) is 12.4 Å². The molecule has 1 saturated carbocycles. The predicted octanol–water partition coefficient (Wildman–Crippen LogP) is 2.98. The molecule has 10 heteroatoms. The number of hydrogen-bond acceptors (Lipinski definition) is 9. The van der Waals surface area contributed by atoms with Crippen LogP contribution < -0.4 is 15.8 Å². The number of thioether (sulfide) groups is 1. The van der Waals surface area contributed by atoms with Gasteiger partial charge in [-0.2, -0.15) is 4.39 Å². The maximum absolute atomic E-state index is 14.7. The molecule has 1 fully saturated rings. The van der Waals surface area contributed by atoms with E-state index in [9.17, 15) is 4.39 Å². The third-order valence-electron chi connectivity index (χ3n) is 5.46. The summed E-state index contributed by atoms with van der Waals surface area (Å²) < 4.78 is 20.1. The molecule has 4 heterocycles. The summed E-state index contributed by atoms with van der Waals surface area (Å²) in [7, 11) is 0. The highest BCUT2D eigenvalue weighted by molar-refractivity contribution is 8.14. The number of terminal acetylenes is 1. The van der Waals surface area contributed by atoms with E-state index in [-0.39, 0.29) is 12.5 Å². The molecule has 0 saturated heterocycles. The van der Waals surface area contributed by atoms with Gasteiger partial charge >= 0.3 is 0 Å². The van der Waals surface area contributed by atoms with Crippen molar-refractivity contribution in [1.82, 2.24) is 19.9 Å². The minimum atomic E-state index is -0.746. The Labute approximate surface area is 182 Å². The molecule has 3 aromatic heterocycles. The lowest BCUT2D eigenvalue weighted by atomic mass is 9.88. The lowest BCUT2D eigenvalue weighted by Gasteiger charge is -2.30. The smallest absolute Gasteiger partial charge is 0.233 e. The van der Waals surface area contributed by atoms with Crippen LogP contribution in [0, 0.1) is 24.2 Å². The van der Waals surface area contributed by atoms with Crippen LogP contribution in [0.4, 0.5) is 15.9 Å². The Morgan fingerprint density at radius 2 is 2.26 bits per heavy atom. The van der Waals surface area contributed by atoms with Crippen LogP contribution in [0.25, 0.3) is 11.0 Å². The summed E-state index contributed by atoms with van der Waals surface area (Å²) >= 11 is 1.56.